The van der Waals surface area contributed by atoms with Gasteiger partial charge in [0.15, 0.2) is 5.88 Å². The molecular formula is C24H30N4O3. The Balaban J connectivity index is 1.92. The van der Waals surface area contributed by atoms with E-state index in [4.69, 9.17) is 0 Å². The third kappa shape index (κ3) is 3.82. The molecule has 7 heteroatoms. The largest absolute Gasteiger partial charge is 0.507 e. The number of nitrogens with zero attached hydrogens (tertiary/aromatic N) is 2. The number of aromatic amines is 2. The molecule has 0 saturated heterocycles. The number of phenolic OH excluding ortho intramolecular Hbond substituents is 2. The molecule has 0 radical (unpaired) electrons. The van der Waals surface area contributed by atoms with Gasteiger partial charge in [-0.05, 0) is 70.9 Å². The highest BCUT2D eigenvalue weighted by molar-refractivity contribution is 6.01. The van der Waals surface area contributed by atoms with Gasteiger partial charge in [-0.1, -0.05) is 6.07 Å². The molecule has 0 aliphatic carbocycles. The average Bonchev–Trinajstić information content (AvgIpc) is 3.23. The normalized spacial score (nSPS) is 12.1. The van der Waals surface area contributed by atoms with E-state index in [1.54, 1.807) is 12.1 Å². The second-order valence-electron chi connectivity index (χ2n) is 8.62. The zero-order chi connectivity index (χ0) is 22.3. The van der Waals surface area contributed by atoms with Gasteiger partial charge < -0.3 is 35.1 Å². The van der Waals surface area contributed by atoms with E-state index in [-0.39, 0.29) is 17.4 Å². The third-order valence-electron chi connectivity index (χ3n) is 5.81. The summed E-state index contributed by atoms with van der Waals surface area (Å²) in [5.41, 5.74) is 4.64. The monoisotopic (exact) mass is 422 g/mol. The molecule has 0 fully saturated rings. The lowest BCUT2D eigenvalue weighted by molar-refractivity contribution is 0.404. The van der Waals surface area contributed by atoms with Gasteiger partial charge in [0.25, 0.3) is 0 Å². The summed E-state index contributed by atoms with van der Waals surface area (Å²) < 4.78 is 0. The fraction of sp³-hybridized carbons (Fsp3) is 0.333. The SMILES string of the molecule is CN(C)CCc1c(-c2ccc3[nH]c(O)c(CCN(C)C)c3c2O)[nH]c2cccc(O)c12. The number of fused-ring (bicyclic) bond motifs is 2. The summed E-state index contributed by atoms with van der Waals surface area (Å²) in [6.45, 7) is 1.55. The first kappa shape index (κ1) is 21.1. The van der Waals surface area contributed by atoms with Crippen LogP contribution >= 0.6 is 0 Å². The Labute approximate surface area is 181 Å². The van der Waals surface area contributed by atoms with Crippen molar-refractivity contribution in [1.82, 2.24) is 19.8 Å². The predicted octanol–water partition coefficient (Wildman–Crippen LogP) is 3.64. The van der Waals surface area contributed by atoms with Crippen molar-refractivity contribution in [1.29, 1.82) is 0 Å². The highest BCUT2D eigenvalue weighted by Gasteiger charge is 2.22. The molecule has 4 rings (SSSR count). The molecule has 0 atom stereocenters. The highest BCUT2D eigenvalue weighted by atomic mass is 16.3. The van der Waals surface area contributed by atoms with Crippen LogP contribution in [-0.4, -0.2) is 76.4 Å². The summed E-state index contributed by atoms with van der Waals surface area (Å²) in [6.07, 6.45) is 1.32. The molecule has 31 heavy (non-hydrogen) atoms. The van der Waals surface area contributed by atoms with Gasteiger partial charge in [0, 0.05) is 40.5 Å². The summed E-state index contributed by atoms with van der Waals surface area (Å²) in [7, 11) is 7.98. The Morgan fingerprint density at radius 2 is 1.39 bits per heavy atom. The van der Waals surface area contributed by atoms with Gasteiger partial charge in [0.05, 0.1) is 11.2 Å². The first-order chi connectivity index (χ1) is 14.8. The van der Waals surface area contributed by atoms with Crippen molar-refractivity contribution in [2.75, 3.05) is 41.3 Å². The van der Waals surface area contributed by atoms with Crippen LogP contribution in [0.3, 0.4) is 0 Å². The fourth-order valence-electron chi connectivity index (χ4n) is 4.21. The second kappa shape index (κ2) is 8.17. The van der Waals surface area contributed by atoms with Crippen LogP contribution in [0.25, 0.3) is 33.1 Å². The number of phenols is 2. The molecule has 2 heterocycles. The van der Waals surface area contributed by atoms with E-state index in [9.17, 15) is 15.3 Å². The maximum atomic E-state index is 11.3. The van der Waals surface area contributed by atoms with Gasteiger partial charge in [-0.25, -0.2) is 0 Å². The number of H-pyrrole nitrogens is 2. The van der Waals surface area contributed by atoms with Crippen molar-refractivity contribution < 1.29 is 15.3 Å². The molecule has 0 aliphatic rings. The molecule has 2 aromatic heterocycles. The highest BCUT2D eigenvalue weighted by Crippen LogP contribution is 2.44. The quantitative estimate of drug-likeness (QED) is 0.313. The summed E-state index contributed by atoms with van der Waals surface area (Å²) in [4.78, 5) is 10.5. The van der Waals surface area contributed by atoms with Crippen molar-refractivity contribution in [3.63, 3.8) is 0 Å². The molecular weight excluding hydrogens is 392 g/mol. The number of aromatic nitrogens is 2. The van der Waals surface area contributed by atoms with Crippen LogP contribution < -0.4 is 0 Å². The predicted molar refractivity (Wildman–Crippen MR) is 125 cm³/mol. The van der Waals surface area contributed by atoms with E-state index in [2.05, 4.69) is 14.9 Å². The fourth-order valence-corrected chi connectivity index (χ4v) is 4.21. The van der Waals surface area contributed by atoms with E-state index in [1.807, 2.05) is 51.3 Å². The minimum atomic E-state index is 0.0893. The summed E-state index contributed by atoms with van der Waals surface area (Å²) in [6, 6.07) is 9.15. The van der Waals surface area contributed by atoms with Gasteiger partial charge in [0.2, 0.25) is 0 Å². The minimum Gasteiger partial charge on any atom is -0.507 e. The first-order valence-corrected chi connectivity index (χ1v) is 10.5. The Morgan fingerprint density at radius 3 is 2.06 bits per heavy atom. The molecule has 0 saturated carbocycles. The van der Waals surface area contributed by atoms with E-state index in [0.717, 1.165) is 35.2 Å². The maximum absolute atomic E-state index is 11.3. The second-order valence-corrected chi connectivity index (χ2v) is 8.62. The van der Waals surface area contributed by atoms with E-state index in [1.165, 1.54) is 0 Å². The lowest BCUT2D eigenvalue weighted by Gasteiger charge is -2.13. The number of nitrogens with one attached hydrogen (secondary N) is 2. The van der Waals surface area contributed by atoms with Crippen LogP contribution in [0.4, 0.5) is 0 Å². The van der Waals surface area contributed by atoms with Crippen molar-refractivity contribution in [3.05, 3.63) is 41.5 Å². The van der Waals surface area contributed by atoms with E-state index >= 15 is 0 Å². The van der Waals surface area contributed by atoms with Gasteiger partial charge in [-0.15, -0.1) is 0 Å². The van der Waals surface area contributed by atoms with E-state index < -0.39 is 0 Å². The summed E-state index contributed by atoms with van der Waals surface area (Å²) in [5, 5.41) is 33.7. The molecule has 0 spiro atoms. The van der Waals surface area contributed by atoms with Crippen molar-refractivity contribution >= 4 is 21.8 Å². The summed E-state index contributed by atoms with van der Waals surface area (Å²) in [5.74, 6) is 0.437. The Bertz CT molecular complexity index is 1240. The Kier molecular flexibility index (Phi) is 5.56. The number of likely N-dealkylation sites (N-methyl/N-ethyl adjacent to an activating group) is 2. The number of rotatable bonds is 7. The molecule has 0 amide bonds. The lowest BCUT2D eigenvalue weighted by Crippen LogP contribution is -2.15. The molecule has 5 N–H and O–H groups in total. The molecule has 164 valence electrons. The van der Waals surface area contributed by atoms with Gasteiger partial charge >= 0.3 is 0 Å². The summed E-state index contributed by atoms with van der Waals surface area (Å²) >= 11 is 0. The van der Waals surface area contributed by atoms with Gasteiger partial charge in [-0.2, -0.15) is 0 Å². The van der Waals surface area contributed by atoms with Crippen LogP contribution in [0.1, 0.15) is 11.1 Å². The van der Waals surface area contributed by atoms with Gasteiger partial charge in [-0.3, -0.25) is 0 Å². The molecule has 2 aromatic carbocycles. The molecule has 0 unspecified atom stereocenters. The standard InChI is InChI=1S/C24H30N4O3/c1-27(2)12-10-14-20-17(6-5-7-19(20)29)25-22(14)16-8-9-18-21(23(16)30)15(24(31)26-18)11-13-28(3)4/h5-9,25-26,29-31H,10-13H2,1-4H3. The molecule has 0 bridgehead atoms. The molecule has 0 aliphatic heterocycles. The van der Waals surface area contributed by atoms with E-state index in [0.29, 0.717) is 34.9 Å². The topological polar surface area (TPSA) is 98.8 Å². The number of hydrogen-bond donors (Lipinski definition) is 5. The number of aromatic hydroxyl groups is 3. The van der Waals surface area contributed by atoms with Crippen molar-refractivity contribution in [2.45, 2.75) is 12.8 Å². The minimum absolute atomic E-state index is 0.0893. The number of benzene rings is 2. The van der Waals surface area contributed by atoms with Crippen molar-refractivity contribution in [2.24, 2.45) is 0 Å². The third-order valence-corrected chi connectivity index (χ3v) is 5.81. The zero-order valence-electron chi connectivity index (χ0n) is 18.5. The maximum Gasteiger partial charge on any atom is 0.192 e. The van der Waals surface area contributed by atoms with Crippen LogP contribution in [0.2, 0.25) is 0 Å². The Morgan fingerprint density at radius 1 is 0.742 bits per heavy atom. The number of hydrogen-bond acceptors (Lipinski definition) is 5. The van der Waals surface area contributed by atoms with Crippen LogP contribution in [0.15, 0.2) is 30.3 Å². The van der Waals surface area contributed by atoms with Crippen LogP contribution in [0, 0.1) is 0 Å². The zero-order valence-corrected chi connectivity index (χ0v) is 18.5. The lowest BCUT2D eigenvalue weighted by atomic mass is 9.98. The average molecular weight is 423 g/mol. The Hall–Kier alpha value is -3.16. The molecule has 7 nitrogen and oxygen atoms in total. The molecule has 4 aromatic rings. The van der Waals surface area contributed by atoms with Gasteiger partial charge in [0.1, 0.15) is 11.5 Å². The smallest absolute Gasteiger partial charge is 0.192 e. The van der Waals surface area contributed by atoms with Crippen LogP contribution in [0.5, 0.6) is 17.4 Å². The van der Waals surface area contributed by atoms with Crippen molar-refractivity contribution in [3.8, 4) is 28.6 Å². The van der Waals surface area contributed by atoms with Crippen LogP contribution in [-0.2, 0) is 12.8 Å². The first-order valence-electron chi connectivity index (χ1n) is 10.5.